The molecule has 4 N–H and O–H groups in total. The maximum atomic E-state index is 14.5. The smallest absolute Gasteiger partial charge is 0.329 e. The molecule has 2 bridgehead atoms. The summed E-state index contributed by atoms with van der Waals surface area (Å²) in [6.07, 6.45) is 9.76. The van der Waals surface area contributed by atoms with E-state index in [9.17, 15) is 49.2 Å². The van der Waals surface area contributed by atoms with E-state index in [0.29, 0.717) is 69.8 Å². The number of carbonyl (C=O) groups excluding carboxylic acids is 6. The van der Waals surface area contributed by atoms with Crippen LogP contribution in [0.15, 0.2) is 47.6 Å². The van der Waals surface area contributed by atoms with Crippen molar-refractivity contribution in [3.63, 3.8) is 0 Å². The number of carbonyl (C=O) groups is 6. The number of ketones is 3. The van der Waals surface area contributed by atoms with E-state index in [1.54, 1.807) is 40.9 Å². The lowest BCUT2D eigenvalue weighted by atomic mass is 9.78. The zero-order valence-electron chi connectivity index (χ0n) is 45.3. The van der Waals surface area contributed by atoms with Gasteiger partial charge < -0.3 is 53.7 Å². The molecule has 15 atom stereocenters. The molecule has 1 aliphatic carbocycles. The number of nitrogens with zero attached hydrogens (tertiary/aromatic N) is 1. The molecule has 3 unspecified atom stereocenters. The molecule has 0 aromatic rings. The summed E-state index contributed by atoms with van der Waals surface area (Å²) in [5.74, 6) is -9.36. The normalized spacial score (nSPS) is 37.0. The molecule has 2 saturated heterocycles. The second-order valence-corrected chi connectivity index (χ2v) is 21.8. The SMILES string of the molecule is COC1C[C@@H]2CC[C@@H](C)[C@@](O)(O2)C(=O)C(=O)N2CCCC[C@H]2C(=O)OC([C@H](C)C[C@@H]2CC[C@@H](OC(=O)C(C)(CO)CO)[C@H](OC)C2)CC(=O)[C@H](C)/C=C(\C)[C@@H](O)C(OC)C(=O)[C@H](C)C[C@H](C)C=C/C=C/C=C\1C. The van der Waals surface area contributed by atoms with Crippen molar-refractivity contribution >= 4 is 35.2 Å². The van der Waals surface area contributed by atoms with Gasteiger partial charge in [0.05, 0.1) is 31.5 Å². The highest BCUT2D eigenvalue weighted by Gasteiger charge is 2.53. The topological polar surface area (TPSA) is 242 Å². The Morgan fingerprint density at radius 3 is 2.21 bits per heavy atom. The van der Waals surface area contributed by atoms with Crippen molar-refractivity contribution in [1.82, 2.24) is 4.90 Å². The Labute approximate surface area is 433 Å². The fraction of sp³-hybridized carbons (Fsp3) is 0.750. The summed E-state index contributed by atoms with van der Waals surface area (Å²) in [5, 5.41) is 43.1. The number of hydrogen-bond acceptors (Lipinski definition) is 16. The highest BCUT2D eigenvalue weighted by Crippen LogP contribution is 2.38. The van der Waals surface area contributed by atoms with E-state index in [1.165, 1.54) is 21.1 Å². The molecule has 0 spiro atoms. The Balaban J connectivity index is 1.69. The molecular weight excluding hydrogens is 943 g/mol. The lowest BCUT2D eigenvalue weighted by molar-refractivity contribution is -0.265. The third-order valence-corrected chi connectivity index (χ3v) is 15.9. The molecular formula is C56H87NO16. The standard InChI is InChI=1S/C56H87NO16/c1-33-17-13-12-14-18-34(2)45(68-9)29-41-22-20-39(7)56(67,73-41)51(63)52(64)57-24-16-15-19-42(57)53(65)71-46(30-43(60)35(3)26-38(6)49(62)50(70-11)48(61)37(5)25-33)36(4)27-40-21-23-44(47(28-40)69-10)72-54(66)55(8,31-58)32-59/h12-14,17-18,26,33,35-37,39-42,44-47,49-50,58-59,62,67H,15-16,19-25,27-32H2,1-11H3/b14-12+,17-13?,34-18-,38-26+/t33-,35-,36-,37-,39-,40+,41+,42+,44-,45?,46?,47-,49-,50?,56-/m1/s1. The van der Waals surface area contributed by atoms with Crippen molar-refractivity contribution in [2.75, 3.05) is 41.1 Å². The largest absolute Gasteiger partial charge is 0.460 e. The Morgan fingerprint density at radius 2 is 1.56 bits per heavy atom. The maximum absolute atomic E-state index is 14.5. The monoisotopic (exact) mass is 1030 g/mol. The highest BCUT2D eigenvalue weighted by atomic mass is 16.6. The second-order valence-electron chi connectivity index (χ2n) is 21.8. The first kappa shape index (κ1) is 61.6. The Hall–Kier alpha value is -3.94. The molecule has 1 saturated carbocycles. The van der Waals surface area contributed by atoms with Gasteiger partial charge in [0.15, 0.2) is 5.78 Å². The van der Waals surface area contributed by atoms with Crippen LogP contribution in [0.1, 0.15) is 132 Å². The molecule has 3 aliphatic heterocycles. The molecule has 17 nitrogen and oxygen atoms in total. The minimum Gasteiger partial charge on any atom is -0.460 e. The van der Waals surface area contributed by atoms with Crippen molar-refractivity contribution in [2.45, 2.75) is 187 Å². The first-order chi connectivity index (χ1) is 34.5. The van der Waals surface area contributed by atoms with Crippen LogP contribution in [0.2, 0.25) is 0 Å². The van der Waals surface area contributed by atoms with E-state index in [4.69, 9.17) is 28.4 Å². The minimum absolute atomic E-state index is 0.00697. The van der Waals surface area contributed by atoms with Gasteiger partial charge in [-0.05, 0) is 114 Å². The van der Waals surface area contributed by atoms with Gasteiger partial charge in [-0.1, -0.05) is 71.1 Å². The maximum Gasteiger partial charge on any atom is 0.329 e. The molecule has 4 aliphatic rings. The quantitative estimate of drug-likeness (QED) is 0.116. The first-order valence-corrected chi connectivity index (χ1v) is 26.4. The molecule has 412 valence electrons. The van der Waals surface area contributed by atoms with Crippen LogP contribution in [0, 0.1) is 40.9 Å². The van der Waals surface area contributed by atoms with Gasteiger partial charge in [0, 0.05) is 58.5 Å². The molecule has 17 heteroatoms. The van der Waals surface area contributed by atoms with Gasteiger partial charge >= 0.3 is 11.9 Å². The molecule has 3 heterocycles. The fourth-order valence-electron chi connectivity index (χ4n) is 10.7. The average Bonchev–Trinajstić information content (AvgIpc) is 3.37. The molecule has 73 heavy (non-hydrogen) atoms. The summed E-state index contributed by atoms with van der Waals surface area (Å²) in [6.45, 7) is 12.7. The second kappa shape index (κ2) is 28.3. The predicted molar refractivity (Wildman–Crippen MR) is 271 cm³/mol. The summed E-state index contributed by atoms with van der Waals surface area (Å²) < 4.78 is 35.4. The summed E-state index contributed by atoms with van der Waals surface area (Å²) in [7, 11) is 4.43. The van der Waals surface area contributed by atoms with Crippen molar-refractivity contribution < 1.29 is 77.6 Å². The number of fused-ring (bicyclic) bond motifs is 3. The zero-order chi connectivity index (χ0) is 54.4. The lowest BCUT2D eigenvalue weighted by Gasteiger charge is -2.42. The molecule has 3 fully saturated rings. The molecule has 4 rings (SSSR count). The number of piperidine rings is 1. The number of esters is 2. The van der Waals surface area contributed by atoms with Gasteiger partial charge in [0.1, 0.15) is 41.7 Å². The number of aliphatic hydroxyl groups is 4. The van der Waals surface area contributed by atoms with Crippen molar-refractivity contribution in [3.8, 4) is 0 Å². The van der Waals surface area contributed by atoms with Gasteiger partial charge in [-0.3, -0.25) is 24.0 Å². The number of cyclic esters (lactones) is 1. The Bertz CT molecular complexity index is 2010. The van der Waals surface area contributed by atoms with Gasteiger partial charge in [0.25, 0.3) is 11.7 Å². The Kier molecular flexibility index (Phi) is 23.9. The van der Waals surface area contributed by atoms with Gasteiger partial charge in [-0.25, -0.2) is 4.79 Å². The number of methoxy groups -OCH3 is 3. The lowest BCUT2D eigenvalue weighted by Crippen LogP contribution is -2.61. The van der Waals surface area contributed by atoms with E-state index in [1.807, 2.05) is 51.2 Å². The number of aliphatic hydroxyl groups excluding tert-OH is 3. The fourth-order valence-corrected chi connectivity index (χ4v) is 10.7. The number of allylic oxidation sites excluding steroid dienone is 6. The van der Waals surface area contributed by atoms with Crippen molar-refractivity contribution in [3.05, 3.63) is 47.6 Å². The van der Waals surface area contributed by atoms with Crippen LogP contribution in [0.4, 0.5) is 0 Å². The van der Waals surface area contributed by atoms with Crippen LogP contribution >= 0.6 is 0 Å². The zero-order valence-corrected chi connectivity index (χ0v) is 45.3. The third kappa shape index (κ3) is 16.0. The Morgan fingerprint density at radius 1 is 0.863 bits per heavy atom. The van der Waals surface area contributed by atoms with Crippen LogP contribution in [-0.4, -0.2) is 156 Å². The van der Waals surface area contributed by atoms with Crippen molar-refractivity contribution in [1.29, 1.82) is 0 Å². The van der Waals surface area contributed by atoms with Crippen molar-refractivity contribution in [2.24, 2.45) is 40.9 Å². The van der Waals surface area contributed by atoms with Gasteiger partial charge in [-0.2, -0.15) is 0 Å². The third-order valence-electron chi connectivity index (χ3n) is 15.9. The summed E-state index contributed by atoms with van der Waals surface area (Å²) in [4.78, 5) is 85.4. The summed E-state index contributed by atoms with van der Waals surface area (Å²) in [6, 6.07) is -1.20. The summed E-state index contributed by atoms with van der Waals surface area (Å²) in [5.41, 5.74) is -0.277. The molecule has 1 amide bonds. The van der Waals surface area contributed by atoms with E-state index in [2.05, 4.69) is 0 Å². The van der Waals surface area contributed by atoms with Crippen LogP contribution in [-0.2, 0) is 57.2 Å². The number of amides is 1. The highest BCUT2D eigenvalue weighted by molar-refractivity contribution is 6.39. The number of Topliss-reactive ketones (excluding diaryl/α,β-unsaturated/α-hetero) is 3. The van der Waals surface area contributed by atoms with E-state index >= 15 is 0 Å². The number of rotatable bonds is 10. The van der Waals surface area contributed by atoms with Gasteiger partial charge in [0.2, 0.25) is 5.79 Å². The van der Waals surface area contributed by atoms with E-state index in [0.717, 1.165) is 10.5 Å². The predicted octanol–water partition coefficient (Wildman–Crippen LogP) is 5.72. The van der Waals surface area contributed by atoms with Crippen LogP contribution in [0.25, 0.3) is 0 Å². The van der Waals surface area contributed by atoms with E-state index < -0.39 is 120 Å². The van der Waals surface area contributed by atoms with Crippen LogP contribution in [0.5, 0.6) is 0 Å². The van der Waals surface area contributed by atoms with Gasteiger partial charge in [-0.15, -0.1) is 0 Å². The van der Waals surface area contributed by atoms with Crippen LogP contribution < -0.4 is 0 Å². The molecule has 0 aromatic heterocycles. The number of ether oxygens (including phenoxy) is 6. The van der Waals surface area contributed by atoms with Crippen LogP contribution in [0.3, 0.4) is 0 Å². The van der Waals surface area contributed by atoms with E-state index in [-0.39, 0.29) is 42.8 Å². The average molecular weight is 1030 g/mol. The first-order valence-electron chi connectivity index (χ1n) is 26.4. The minimum atomic E-state index is -2.47. The molecule has 0 radical (unpaired) electrons. The number of hydrogen-bond donors (Lipinski definition) is 4. The molecule has 0 aromatic carbocycles. The summed E-state index contributed by atoms with van der Waals surface area (Å²) >= 11 is 0.